The molecule has 3 rings (SSSR count). The summed E-state index contributed by atoms with van der Waals surface area (Å²) in [4.78, 5) is 0. The molecule has 21 heavy (non-hydrogen) atoms. The lowest BCUT2D eigenvalue weighted by molar-refractivity contribution is 0.172. The Bertz CT molecular complexity index is 740. The van der Waals surface area contributed by atoms with Crippen LogP contribution in [0.4, 0.5) is 17.1 Å². The SMILES string of the molecule is N#Cc1ccc(Nc2cc3c(cc2N)OCCO3)c(Cl)c1. The van der Waals surface area contributed by atoms with Crippen molar-refractivity contribution in [2.45, 2.75) is 0 Å². The summed E-state index contributed by atoms with van der Waals surface area (Å²) in [5.41, 5.74) is 8.37. The van der Waals surface area contributed by atoms with Gasteiger partial charge in [-0.15, -0.1) is 0 Å². The van der Waals surface area contributed by atoms with Gasteiger partial charge >= 0.3 is 0 Å². The highest BCUT2D eigenvalue weighted by Crippen LogP contribution is 2.39. The molecule has 0 radical (unpaired) electrons. The van der Waals surface area contributed by atoms with Gasteiger partial charge in [-0.1, -0.05) is 11.6 Å². The fourth-order valence-electron chi connectivity index (χ4n) is 2.04. The van der Waals surface area contributed by atoms with Crippen molar-refractivity contribution in [1.82, 2.24) is 0 Å². The largest absolute Gasteiger partial charge is 0.486 e. The molecule has 0 amide bonds. The van der Waals surface area contributed by atoms with Crippen LogP contribution in [0.5, 0.6) is 11.5 Å². The number of nitrogens with zero attached hydrogens (tertiary/aromatic N) is 1. The van der Waals surface area contributed by atoms with E-state index in [-0.39, 0.29) is 0 Å². The molecule has 1 heterocycles. The van der Waals surface area contributed by atoms with Gasteiger partial charge in [-0.2, -0.15) is 5.26 Å². The van der Waals surface area contributed by atoms with Gasteiger partial charge < -0.3 is 20.5 Å². The van der Waals surface area contributed by atoms with E-state index in [1.807, 2.05) is 6.07 Å². The maximum Gasteiger partial charge on any atom is 0.163 e. The zero-order chi connectivity index (χ0) is 14.8. The molecule has 106 valence electrons. The molecule has 2 aromatic carbocycles. The van der Waals surface area contributed by atoms with Crippen LogP contribution < -0.4 is 20.5 Å². The van der Waals surface area contributed by atoms with Crippen molar-refractivity contribution in [3.05, 3.63) is 40.9 Å². The molecule has 0 bridgehead atoms. The quantitative estimate of drug-likeness (QED) is 0.832. The first-order valence-electron chi connectivity index (χ1n) is 6.33. The van der Waals surface area contributed by atoms with Gasteiger partial charge in [-0.25, -0.2) is 0 Å². The molecule has 5 nitrogen and oxygen atoms in total. The lowest BCUT2D eigenvalue weighted by atomic mass is 10.2. The second kappa shape index (κ2) is 5.43. The first-order chi connectivity index (χ1) is 10.2. The highest BCUT2D eigenvalue weighted by Gasteiger charge is 2.15. The van der Waals surface area contributed by atoms with Crippen LogP contribution in [-0.2, 0) is 0 Å². The molecule has 0 aromatic heterocycles. The molecule has 0 unspecified atom stereocenters. The number of rotatable bonds is 2. The van der Waals surface area contributed by atoms with E-state index in [0.717, 1.165) is 0 Å². The van der Waals surface area contributed by atoms with Crippen molar-refractivity contribution < 1.29 is 9.47 Å². The van der Waals surface area contributed by atoms with Crippen LogP contribution in [-0.4, -0.2) is 13.2 Å². The van der Waals surface area contributed by atoms with E-state index in [0.29, 0.717) is 52.4 Å². The summed E-state index contributed by atoms with van der Waals surface area (Å²) in [6.45, 7) is 1.02. The monoisotopic (exact) mass is 301 g/mol. The summed E-state index contributed by atoms with van der Waals surface area (Å²) in [7, 11) is 0. The molecule has 3 N–H and O–H groups in total. The van der Waals surface area contributed by atoms with Crippen molar-refractivity contribution >= 4 is 28.7 Å². The van der Waals surface area contributed by atoms with Crippen molar-refractivity contribution in [1.29, 1.82) is 5.26 Å². The predicted octanol–water partition coefficient (Wildman–Crippen LogP) is 3.31. The van der Waals surface area contributed by atoms with E-state index in [1.54, 1.807) is 30.3 Å². The molecule has 0 saturated heterocycles. The number of nitrogens with one attached hydrogen (secondary N) is 1. The highest BCUT2D eigenvalue weighted by atomic mass is 35.5. The average molecular weight is 302 g/mol. The van der Waals surface area contributed by atoms with E-state index in [4.69, 9.17) is 32.1 Å². The van der Waals surface area contributed by atoms with E-state index in [1.165, 1.54) is 0 Å². The Labute approximate surface area is 126 Å². The third-order valence-corrected chi connectivity index (χ3v) is 3.39. The smallest absolute Gasteiger partial charge is 0.163 e. The Hall–Kier alpha value is -2.58. The number of anilines is 3. The van der Waals surface area contributed by atoms with Gasteiger partial charge in [0.1, 0.15) is 13.2 Å². The lowest BCUT2D eigenvalue weighted by Crippen LogP contribution is -2.15. The van der Waals surface area contributed by atoms with Crippen LogP contribution in [0.1, 0.15) is 5.56 Å². The molecule has 0 spiro atoms. The Balaban J connectivity index is 1.93. The molecule has 1 aliphatic rings. The number of hydrogen-bond donors (Lipinski definition) is 2. The Morgan fingerprint density at radius 3 is 2.48 bits per heavy atom. The zero-order valence-corrected chi connectivity index (χ0v) is 11.8. The summed E-state index contributed by atoms with van der Waals surface area (Å²) in [5, 5.41) is 12.4. The first kappa shape index (κ1) is 13.4. The minimum atomic E-state index is 0.448. The molecule has 1 aliphatic heterocycles. The second-order valence-corrected chi connectivity index (χ2v) is 4.92. The summed E-state index contributed by atoms with van der Waals surface area (Å²) < 4.78 is 11.0. The Morgan fingerprint density at radius 1 is 1.10 bits per heavy atom. The third kappa shape index (κ3) is 2.67. The Kier molecular flexibility index (Phi) is 3.46. The molecular weight excluding hydrogens is 290 g/mol. The van der Waals surface area contributed by atoms with E-state index >= 15 is 0 Å². The third-order valence-electron chi connectivity index (χ3n) is 3.08. The summed E-state index contributed by atoms with van der Waals surface area (Å²) in [6.07, 6.45) is 0. The minimum absolute atomic E-state index is 0.448. The molecular formula is C15H12ClN3O2. The van der Waals surface area contributed by atoms with Crippen LogP contribution in [0.25, 0.3) is 0 Å². The van der Waals surface area contributed by atoms with Crippen molar-refractivity contribution in [3.8, 4) is 17.6 Å². The first-order valence-corrected chi connectivity index (χ1v) is 6.71. The van der Waals surface area contributed by atoms with Gasteiger partial charge in [0, 0.05) is 12.1 Å². The normalized spacial score (nSPS) is 12.6. The predicted molar refractivity (Wildman–Crippen MR) is 81.3 cm³/mol. The Morgan fingerprint density at radius 2 is 1.81 bits per heavy atom. The number of nitriles is 1. The molecule has 0 saturated carbocycles. The van der Waals surface area contributed by atoms with Crippen LogP contribution >= 0.6 is 11.6 Å². The molecule has 0 fully saturated rings. The highest BCUT2D eigenvalue weighted by molar-refractivity contribution is 6.33. The number of benzene rings is 2. The summed E-state index contributed by atoms with van der Waals surface area (Å²) in [6, 6.07) is 10.5. The standard InChI is InChI=1S/C15H12ClN3O2/c16-10-5-9(8-17)1-2-12(10)19-13-7-15-14(6-11(13)18)20-3-4-21-15/h1-2,5-7,19H,3-4,18H2. The van der Waals surface area contributed by atoms with Crippen molar-refractivity contribution in [3.63, 3.8) is 0 Å². The number of ether oxygens (including phenoxy) is 2. The maximum atomic E-state index is 8.84. The molecule has 2 aromatic rings. The van der Waals surface area contributed by atoms with Crippen LogP contribution in [0.3, 0.4) is 0 Å². The van der Waals surface area contributed by atoms with Gasteiger partial charge in [0.25, 0.3) is 0 Å². The van der Waals surface area contributed by atoms with Gasteiger partial charge in [-0.05, 0) is 18.2 Å². The fourth-order valence-corrected chi connectivity index (χ4v) is 2.27. The summed E-state index contributed by atoms with van der Waals surface area (Å²) >= 11 is 6.14. The minimum Gasteiger partial charge on any atom is -0.486 e. The van der Waals surface area contributed by atoms with E-state index in [9.17, 15) is 0 Å². The van der Waals surface area contributed by atoms with Gasteiger partial charge in [0.2, 0.25) is 0 Å². The molecule has 0 atom stereocenters. The topological polar surface area (TPSA) is 80.3 Å². The number of nitrogens with two attached hydrogens (primary N) is 1. The average Bonchev–Trinajstić information content (AvgIpc) is 2.49. The second-order valence-electron chi connectivity index (χ2n) is 4.51. The van der Waals surface area contributed by atoms with Crippen LogP contribution in [0.15, 0.2) is 30.3 Å². The number of hydrogen-bond acceptors (Lipinski definition) is 5. The van der Waals surface area contributed by atoms with Gasteiger partial charge in [0.15, 0.2) is 11.5 Å². The van der Waals surface area contributed by atoms with E-state index < -0.39 is 0 Å². The van der Waals surface area contributed by atoms with Gasteiger partial charge in [0.05, 0.1) is 33.7 Å². The van der Waals surface area contributed by atoms with E-state index in [2.05, 4.69) is 5.32 Å². The van der Waals surface area contributed by atoms with Crippen LogP contribution in [0.2, 0.25) is 5.02 Å². The van der Waals surface area contributed by atoms with Crippen molar-refractivity contribution in [2.75, 3.05) is 24.3 Å². The fraction of sp³-hybridized carbons (Fsp3) is 0.133. The number of fused-ring (bicyclic) bond motifs is 1. The zero-order valence-electron chi connectivity index (χ0n) is 11.0. The summed E-state index contributed by atoms with van der Waals surface area (Å²) in [5.74, 6) is 1.28. The molecule has 0 aliphatic carbocycles. The number of halogens is 1. The van der Waals surface area contributed by atoms with Crippen LogP contribution in [0, 0.1) is 11.3 Å². The van der Waals surface area contributed by atoms with Gasteiger partial charge in [-0.3, -0.25) is 0 Å². The molecule has 6 heteroatoms. The maximum absolute atomic E-state index is 8.84. The van der Waals surface area contributed by atoms with Crippen molar-refractivity contribution in [2.24, 2.45) is 0 Å². The number of nitrogen functional groups attached to an aromatic ring is 1. The lowest BCUT2D eigenvalue weighted by Gasteiger charge is -2.20.